The van der Waals surface area contributed by atoms with E-state index in [-0.39, 0.29) is 11.8 Å². The highest BCUT2D eigenvalue weighted by Gasteiger charge is 2.26. The second-order valence-electron chi connectivity index (χ2n) is 10.7. The summed E-state index contributed by atoms with van der Waals surface area (Å²) in [4.78, 5) is 30.3. The molecule has 0 radical (unpaired) electrons. The Bertz CT molecular complexity index is 1180. The van der Waals surface area contributed by atoms with Crippen molar-refractivity contribution in [3.63, 3.8) is 0 Å². The van der Waals surface area contributed by atoms with E-state index in [2.05, 4.69) is 29.9 Å². The number of hydrogen-bond acceptors (Lipinski definition) is 5. The third kappa shape index (κ3) is 4.95. The standard InChI is InChI=1S/C29H37N5O2/c1-20-9-13-31(14-10-20)33(22(3)35)26-7-5-24-17-25-6-8-27(19-29(25)30-28(24)18-26)34(23(4)36)32-15-11-21(2)12-16-32/h5-8,17-21H,9-16H2,1-4H3. The number of nitrogens with zero attached hydrogens (tertiary/aromatic N) is 5. The summed E-state index contributed by atoms with van der Waals surface area (Å²) >= 11 is 0. The Morgan fingerprint density at radius 1 is 0.694 bits per heavy atom. The summed E-state index contributed by atoms with van der Waals surface area (Å²) in [6, 6.07) is 14.3. The Hall–Kier alpha value is -3.03. The minimum absolute atomic E-state index is 0.0138. The van der Waals surface area contributed by atoms with E-state index < -0.39 is 0 Å². The van der Waals surface area contributed by atoms with E-state index in [4.69, 9.17) is 4.98 Å². The fourth-order valence-corrected chi connectivity index (χ4v) is 5.54. The predicted molar refractivity (Wildman–Crippen MR) is 146 cm³/mol. The Labute approximate surface area is 213 Å². The lowest BCUT2D eigenvalue weighted by atomic mass is 10.0. The number of fused-ring (bicyclic) bond motifs is 2. The Morgan fingerprint density at radius 3 is 1.44 bits per heavy atom. The highest BCUT2D eigenvalue weighted by Crippen LogP contribution is 2.30. The molecule has 2 aliphatic rings. The number of carbonyl (C=O) groups excluding carboxylic acids is 2. The molecule has 0 spiro atoms. The summed E-state index contributed by atoms with van der Waals surface area (Å²) in [6.07, 6.45) is 4.36. The van der Waals surface area contributed by atoms with E-state index in [9.17, 15) is 9.59 Å². The van der Waals surface area contributed by atoms with Crippen molar-refractivity contribution in [2.45, 2.75) is 53.4 Å². The van der Waals surface area contributed by atoms with Crippen molar-refractivity contribution in [3.8, 4) is 0 Å². The summed E-state index contributed by atoms with van der Waals surface area (Å²) in [5.74, 6) is 1.41. The number of aromatic nitrogens is 1. The average molecular weight is 488 g/mol. The van der Waals surface area contributed by atoms with Gasteiger partial charge in [0.15, 0.2) is 0 Å². The van der Waals surface area contributed by atoms with E-state index in [0.717, 1.165) is 85.0 Å². The zero-order valence-electron chi connectivity index (χ0n) is 21.9. The zero-order chi connectivity index (χ0) is 25.4. The van der Waals surface area contributed by atoms with Crippen LogP contribution in [0.4, 0.5) is 11.4 Å². The second kappa shape index (κ2) is 10.1. The first-order valence-corrected chi connectivity index (χ1v) is 13.3. The van der Waals surface area contributed by atoms with Crippen LogP contribution in [0.15, 0.2) is 42.5 Å². The summed E-state index contributed by atoms with van der Waals surface area (Å²) in [5.41, 5.74) is 3.38. The molecule has 0 aliphatic carbocycles. The van der Waals surface area contributed by atoms with E-state index in [0.29, 0.717) is 11.8 Å². The third-order valence-corrected chi connectivity index (χ3v) is 7.75. The number of piperidine rings is 2. The normalized spacial score (nSPS) is 18.6. The monoisotopic (exact) mass is 487 g/mol. The van der Waals surface area contributed by atoms with Crippen molar-refractivity contribution in [3.05, 3.63) is 42.5 Å². The predicted octanol–water partition coefficient (Wildman–Crippen LogP) is 5.39. The molecule has 2 fully saturated rings. The smallest absolute Gasteiger partial charge is 0.238 e. The SMILES string of the molecule is CC(=O)N(c1ccc2cc3ccc(N(C(C)=O)N4CCC(C)CC4)cc3nc2c1)N1CCC(C)CC1. The molecule has 36 heavy (non-hydrogen) atoms. The van der Waals surface area contributed by atoms with Gasteiger partial charge in [0.1, 0.15) is 0 Å². The maximum absolute atomic E-state index is 12.6. The van der Waals surface area contributed by atoms with Crippen LogP contribution in [0.1, 0.15) is 53.4 Å². The van der Waals surface area contributed by atoms with Gasteiger partial charge < -0.3 is 0 Å². The fraction of sp³-hybridized carbons (Fsp3) is 0.483. The van der Waals surface area contributed by atoms with Gasteiger partial charge in [-0.05, 0) is 67.9 Å². The van der Waals surface area contributed by atoms with E-state index in [1.807, 2.05) is 46.4 Å². The number of rotatable bonds is 4. The minimum atomic E-state index is 0.0138. The van der Waals surface area contributed by atoms with Gasteiger partial charge in [0.2, 0.25) is 11.8 Å². The van der Waals surface area contributed by atoms with Crippen LogP contribution in [0, 0.1) is 11.8 Å². The van der Waals surface area contributed by atoms with Crippen LogP contribution in [0.3, 0.4) is 0 Å². The molecule has 5 rings (SSSR count). The first-order chi connectivity index (χ1) is 17.3. The largest absolute Gasteiger partial charge is 0.273 e. The summed E-state index contributed by atoms with van der Waals surface area (Å²) in [5, 5.41) is 10.00. The maximum Gasteiger partial charge on any atom is 0.238 e. The first-order valence-electron chi connectivity index (χ1n) is 13.3. The molecule has 0 N–H and O–H groups in total. The molecule has 7 heteroatoms. The van der Waals surface area contributed by atoms with Crippen molar-refractivity contribution >= 4 is 45.0 Å². The number of benzene rings is 2. The van der Waals surface area contributed by atoms with Crippen molar-refractivity contribution in [2.24, 2.45) is 11.8 Å². The second-order valence-corrected chi connectivity index (χ2v) is 10.7. The van der Waals surface area contributed by atoms with Crippen LogP contribution >= 0.6 is 0 Å². The van der Waals surface area contributed by atoms with Crippen LogP contribution in [0.2, 0.25) is 0 Å². The number of hydrogen-bond donors (Lipinski definition) is 0. The van der Waals surface area contributed by atoms with E-state index in [1.165, 1.54) is 0 Å². The first kappa shape index (κ1) is 24.7. The lowest BCUT2D eigenvalue weighted by molar-refractivity contribution is -0.120. The molecule has 3 aromatic rings. The van der Waals surface area contributed by atoms with Crippen molar-refractivity contribution < 1.29 is 9.59 Å². The molecule has 7 nitrogen and oxygen atoms in total. The molecule has 0 atom stereocenters. The molecule has 3 heterocycles. The summed E-state index contributed by atoms with van der Waals surface area (Å²) < 4.78 is 0. The highest BCUT2D eigenvalue weighted by atomic mass is 16.2. The van der Waals surface area contributed by atoms with E-state index >= 15 is 0 Å². The lowest BCUT2D eigenvalue weighted by Crippen LogP contribution is -2.49. The number of amides is 2. The van der Waals surface area contributed by atoms with Gasteiger partial charge in [0.05, 0.1) is 22.4 Å². The molecule has 2 amide bonds. The zero-order valence-corrected chi connectivity index (χ0v) is 21.9. The van der Waals surface area contributed by atoms with Gasteiger partial charge in [-0.15, -0.1) is 0 Å². The van der Waals surface area contributed by atoms with Crippen LogP contribution in [0.5, 0.6) is 0 Å². The number of carbonyl (C=O) groups is 2. The van der Waals surface area contributed by atoms with Crippen LogP contribution < -0.4 is 10.0 Å². The molecule has 0 saturated carbocycles. The third-order valence-electron chi connectivity index (χ3n) is 7.75. The van der Waals surface area contributed by atoms with Crippen LogP contribution in [-0.2, 0) is 9.59 Å². The van der Waals surface area contributed by atoms with Gasteiger partial charge in [-0.1, -0.05) is 26.0 Å². The van der Waals surface area contributed by atoms with Crippen LogP contribution in [0.25, 0.3) is 21.8 Å². The van der Waals surface area contributed by atoms with Crippen molar-refractivity contribution in [1.29, 1.82) is 0 Å². The molecule has 1 aromatic heterocycles. The van der Waals surface area contributed by atoms with Gasteiger partial charge >= 0.3 is 0 Å². The van der Waals surface area contributed by atoms with Crippen LogP contribution in [-0.4, -0.2) is 53.0 Å². The molecule has 2 saturated heterocycles. The molecule has 0 unspecified atom stereocenters. The fourth-order valence-electron chi connectivity index (χ4n) is 5.54. The number of anilines is 2. The molecule has 2 aliphatic heterocycles. The van der Waals surface area contributed by atoms with Gasteiger partial charge in [-0.25, -0.2) is 25.0 Å². The van der Waals surface area contributed by atoms with Gasteiger partial charge in [0.25, 0.3) is 0 Å². The molecule has 2 aromatic carbocycles. The Kier molecular flexibility index (Phi) is 6.95. The van der Waals surface area contributed by atoms with Crippen molar-refractivity contribution in [1.82, 2.24) is 15.0 Å². The van der Waals surface area contributed by atoms with E-state index in [1.54, 1.807) is 13.8 Å². The Balaban J connectivity index is 1.50. The molecular weight excluding hydrogens is 450 g/mol. The van der Waals surface area contributed by atoms with Gasteiger partial charge in [-0.3, -0.25) is 9.59 Å². The molecule has 0 bridgehead atoms. The summed E-state index contributed by atoms with van der Waals surface area (Å²) in [7, 11) is 0. The van der Waals surface area contributed by atoms with Crippen molar-refractivity contribution in [2.75, 3.05) is 36.2 Å². The minimum Gasteiger partial charge on any atom is -0.273 e. The Morgan fingerprint density at radius 2 is 1.08 bits per heavy atom. The summed E-state index contributed by atoms with van der Waals surface area (Å²) in [6.45, 7) is 11.3. The molecule has 190 valence electrons. The molecular formula is C29H37N5O2. The highest BCUT2D eigenvalue weighted by molar-refractivity contribution is 5.99. The maximum atomic E-state index is 12.6. The van der Waals surface area contributed by atoms with Gasteiger partial charge in [0, 0.05) is 50.8 Å². The quantitative estimate of drug-likeness (QED) is 0.462. The number of pyridine rings is 1. The van der Waals surface area contributed by atoms with Gasteiger partial charge in [-0.2, -0.15) is 0 Å². The average Bonchev–Trinajstić information content (AvgIpc) is 2.85. The topological polar surface area (TPSA) is 60.0 Å². The number of hydrazine groups is 2. The lowest BCUT2D eigenvalue weighted by Gasteiger charge is -2.38.